The zero-order valence-corrected chi connectivity index (χ0v) is 11.0. The van der Waals surface area contributed by atoms with E-state index in [2.05, 4.69) is 10.6 Å². The maximum absolute atomic E-state index is 12.0. The van der Waals surface area contributed by atoms with Crippen molar-refractivity contribution < 1.29 is 9.59 Å². The van der Waals surface area contributed by atoms with E-state index in [1.165, 1.54) is 0 Å². The number of hydrogen-bond acceptors (Lipinski definition) is 3. The monoisotopic (exact) mass is 261 g/mol. The highest BCUT2D eigenvalue weighted by molar-refractivity contribution is 6.04. The van der Waals surface area contributed by atoms with Gasteiger partial charge in [0.2, 0.25) is 5.91 Å². The van der Waals surface area contributed by atoms with Gasteiger partial charge in [-0.05, 0) is 25.0 Å². The molecule has 0 saturated heterocycles. The molecule has 5 nitrogen and oxygen atoms in total. The minimum Gasteiger partial charge on any atom is -0.349 e. The van der Waals surface area contributed by atoms with Crippen molar-refractivity contribution in [2.24, 2.45) is 11.7 Å². The molecule has 102 valence electrons. The fourth-order valence-corrected chi connectivity index (χ4v) is 1.64. The molecular weight excluding hydrogens is 242 g/mol. The lowest BCUT2D eigenvalue weighted by molar-refractivity contribution is -0.119. The molecule has 0 bridgehead atoms. The first-order chi connectivity index (χ1) is 9.11. The summed E-state index contributed by atoms with van der Waals surface area (Å²) < 4.78 is 0. The smallest absolute Gasteiger partial charge is 0.253 e. The van der Waals surface area contributed by atoms with Gasteiger partial charge in [0, 0.05) is 18.5 Å². The Morgan fingerprint density at radius 3 is 2.68 bits per heavy atom. The van der Waals surface area contributed by atoms with E-state index in [1.807, 2.05) is 0 Å². The van der Waals surface area contributed by atoms with Gasteiger partial charge in [0.25, 0.3) is 5.91 Å². The maximum atomic E-state index is 12.0. The van der Waals surface area contributed by atoms with Gasteiger partial charge in [-0.3, -0.25) is 9.59 Å². The number of rotatable bonds is 5. The minimum atomic E-state index is -0.278. The van der Waals surface area contributed by atoms with E-state index in [1.54, 1.807) is 31.2 Å². The number of hydrogen-bond donors (Lipinski definition) is 3. The van der Waals surface area contributed by atoms with E-state index in [-0.39, 0.29) is 24.3 Å². The van der Waals surface area contributed by atoms with E-state index in [0.717, 1.165) is 12.8 Å². The predicted molar refractivity (Wildman–Crippen MR) is 73.8 cm³/mol. The van der Waals surface area contributed by atoms with Crippen molar-refractivity contribution in [2.45, 2.75) is 25.8 Å². The highest BCUT2D eigenvalue weighted by Crippen LogP contribution is 2.21. The van der Waals surface area contributed by atoms with Crippen molar-refractivity contribution in [2.75, 3.05) is 11.9 Å². The minimum absolute atomic E-state index is 0.140. The number of benzene rings is 1. The quantitative estimate of drug-likeness (QED) is 0.742. The van der Waals surface area contributed by atoms with Gasteiger partial charge in [-0.25, -0.2) is 0 Å². The van der Waals surface area contributed by atoms with Crippen LogP contribution in [0.25, 0.3) is 0 Å². The molecule has 0 radical (unpaired) electrons. The molecule has 0 aromatic heterocycles. The molecule has 1 aliphatic rings. The highest BCUT2D eigenvalue weighted by atomic mass is 16.2. The molecule has 0 aliphatic heterocycles. The van der Waals surface area contributed by atoms with Crippen molar-refractivity contribution >= 4 is 17.5 Å². The summed E-state index contributed by atoms with van der Waals surface area (Å²) in [5.41, 5.74) is 6.48. The number of para-hydroxylation sites is 1. The van der Waals surface area contributed by atoms with Crippen molar-refractivity contribution in [1.82, 2.24) is 5.32 Å². The molecule has 1 aliphatic carbocycles. The highest BCUT2D eigenvalue weighted by Gasteiger charge is 2.25. The van der Waals surface area contributed by atoms with E-state index >= 15 is 0 Å². The largest absolute Gasteiger partial charge is 0.349 e. The molecule has 1 aromatic carbocycles. The molecule has 4 N–H and O–H groups in total. The number of carbonyl (C=O) groups is 2. The van der Waals surface area contributed by atoms with Crippen LogP contribution in [0.3, 0.4) is 0 Å². The number of amides is 2. The maximum Gasteiger partial charge on any atom is 0.253 e. The molecule has 1 saturated carbocycles. The van der Waals surface area contributed by atoms with Crippen LogP contribution < -0.4 is 16.4 Å². The lowest BCUT2D eigenvalue weighted by atomic mass is 10.1. The SMILES string of the molecule is CC(CN)C(=O)Nc1ccccc1C(=O)NC1CC1. The van der Waals surface area contributed by atoms with E-state index in [0.29, 0.717) is 17.3 Å². The average molecular weight is 261 g/mol. The van der Waals surface area contributed by atoms with Crippen LogP contribution in [-0.2, 0) is 4.79 Å². The van der Waals surface area contributed by atoms with Gasteiger partial charge < -0.3 is 16.4 Å². The van der Waals surface area contributed by atoms with Gasteiger partial charge in [0.15, 0.2) is 0 Å². The van der Waals surface area contributed by atoms with Crippen LogP contribution in [0.1, 0.15) is 30.1 Å². The summed E-state index contributed by atoms with van der Waals surface area (Å²) in [6, 6.07) is 7.29. The second kappa shape index (κ2) is 5.84. The third-order valence-electron chi connectivity index (χ3n) is 3.14. The summed E-state index contributed by atoms with van der Waals surface area (Å²) in [6.07, 6.45) is 2.06. The molecule has 5 heteroatoms. The van der Waals surface area contributed by atoms with Crippen LogP contribution in [0.4, 0.5) is 5.69 Å². The third-order valence-corrected chi connectivity index (χ3v) is 3.14. The zero-order chi connectivity index (χ0) is 13.8. The molecule has 0 heterocycles. The Balaban J connectivity index is 2.11. The molecule has 1 atom stereocenters. The average Bonchev–Trinajstić information content (AvgIpc) is 3.22. The van der Waals surface area contributed by atoms with Crippen molar-refractivity contribution in [3.05, 3.63) is 29.8 Å². The number of anilines is 1. The first-order valence-corrected chi connectivity index (χ1v) is 6.52. The summed E-state index contributed by atoms with van der Waals surface area (Å²) >= 11 is 0. The summed E-state index contributed by atoms with van der Waals surface area (Å²) in [7, 11) is 0. The Kier molecular flexibility index (Phi) is 4.16. The topological polar surface area (TPSA) is 84.2 Å². The number of carbonyl (C=O) groups excluding carboxylic acids is 2. The molecule has 1 unspecified atom stereocenters. The van der Waals surface area contributed by atoms with Gasteiger partial charge in [-0.2, -0.15) is 0 Å². The van der Waals surface area contributed by atoms with Crippen LogP contribution >= 0.6 is 0 Å². The number of nitrogens with one attached hydrogen (secondary N) is 2. The Morgan fingerprint density at radius 2 is 2.05 bits per heavy atom. The van der Waals surface area contributed by atoms with E-state index in [4.69, 9.17) is 5.73 Å². The van der Waals surface area contributed by atoms with E-state index < -0.39 is 0 Å². The molecule has 19 heavy (non-hydrogen) atoms. The molecule has 1 fully saturated rings. The van der Waals surface area contributed by atoms with Gasteiger partial charge in [0.1, 0.15) is 0 Å². The summed E-state index contributed by atoms with van der Waals surface area (Å²) in [4.78, 5) is 23.9. The Hall–Kier alpha value is -1.88. The first-order valence-electron chi connectivity index (χ1n) is 6.52. The summed E-state index contributed by atoms with van der Waals surface area (Å²) in [6.45, 7) is 2.03. The summed E-state index contributed by atoms with van der Waals surface area (Å²) in [5, 5.41) is 5.67. The van der Waals surface area contributed by atoms with Gasteiger partial charge in [-0.15, -0.1) is 0 Å². The van der Waals surface area contributed by atoms with Crippen molar-refractivity contribution in [1.29, 1.82) is 0 Å². The molecule has 1 aromatic rings. The Bertz CT molecular complexity index is 483. The van der Waals surface area contributed by atoms with Crippen LogP contribution in [0.2, 0.25) is 0 Å². The second-order valence-corrected chi connectivity index (χ2v) is 4.92. The van der Waals surface area contributed by atoms with Crippen LogP contribution in [-0.4, -0.2) is 24.4 Å². The van der Waals surface area contributed by atoms with Crippen LogP contribution in [0.15, 0.2) is 24.3 Å². The molecule has 2 amide bonds. The molecule has 0 spiro atoms. The van der Waals surface area contributed by atoms with Gasteiger partial charge >= 0.3 is 0 Å². The van der Waals surface area contributed by atoms with Gasteiger partial charge in [0.05, 0.1) is 11.3 Å². The van der Waals surface area contributed by atoms with Crippen LogP contribution in [0, 0.1) is 5.92 Å². The standard InChI is InChI=1S/C14H19N3O2/c1-9(8-15)13(18)17-12-5-3-2-4-11(12)14(19)16-10-6-7-10/h2-5,9-10H,6-8,15H2,1H3,(H,16,19)(H,17,18). The summed E-state index contributed by atoms with van der Waals surface area (Å²) in [5.74, 6) is -0.590. The fourth-order valence-electron chi connectivity index (χ4n) is 1.64. The third kappa shape index (κ3) is 3.54. The number of nitrogens with two attached hydrogens (primary N) is 1. The first kappa shape index (κ1) is 13.5. The second-order valence-electron chi connectivity index (χ2n) is 4.92. The Labute approximate surface area is 112 Å². The van der Waals surface area contributed by atoms with Crippen molar-refractivity contribution in [3.8, 4) is 0 Å². The molecular formula is C14H19N3O2. The lowest BCUT2D eigenvalue weighted by Crippen LogP contribution is -2.29. The van der Waals surface area contributed by atoms with Crippen molar-refractivity contribution in [3.63, 3.8) is 0 Å². The predicted octanol–water partition coefficient (Wildman–Crippen LogP) is 1.11. The van der Waals surface area contributed by atoms with Gasteiger partial charge in [-0.1, -0.05) is 19.1 Å². The molecule has 2 rings (SSSR count). The van der Waals surface area contributed by atoms with Crippen LogP contribution in [0.5, 0.6) is 0 Å². The Morgan fingerprint density at radius 1 is 1.37 bits per heavy atom. The normalized spacial score (nSPS) is 15.7. The fraction of sp³-hybridized carbons (Fsp3) is 0.429. The lowest BCUT2D eigenvalue weighted by Gasteiger charge is -2.13. The van der Waals surface area contributed by atoms with E-state index in [9.17, 15) is 9.59 Å². The zero-order valence-electron chi connectivity index (χ0n) is 11.0.